The van der Waals surface area contributed by atoms with E-state index in [0.29, 0.717) is 12.3 Å². The maximum absolute atomic E-state index is 12.7. The summed E-state index contributed by atoms with van der Waals surface area (Å²) < 4.78 is 6.55. The van der Waals surface area contributed by atoms with Crippen LogP contribution < -0.4 is 10.1 Å². The normalized spacial score (nSPS) is 11.5. The van der Waals surface area contributed by atoms with Crippen LogP contribution in [0.1, 0.15) is 18.1 Å². The number of benzene rings is 2. The molecular formula is C20H23BrN2O3. The molecule has 1 N–H and O–H groups in total. The first-order valence-corrected chi connectivity index (χ1v) is 9.15. The number of hydrogen-bond acceptors (Lipinski definition) is 3. The molecule has 6 heteroatoms. The van der Waals surface area contributed by atoms with Gasteiger partial charge >= 0.3 is 0 Å². The highest BCUT2D eigenvalue weighted by Crippen LogP contribution is 2.15. The first kappa shape index (κ1) is 20.0. The van der Waals surface area contributed by atoms with Crippen LogP contribution in [-0.2, 0) is 16.1 Å². The van der Waals surface area contributed by atoms with Crippen molar-refractivity contribution in [3.63, 3.8) is 0 Å². The Hall–Kier alpha value is -2.34. The number of halogens is 1. The van der Waals surface area contributed by atoms with Crippen LogP contribution >= 0.6 is 15.9 Å². The van der Waals surface area contributed by atoms with E-state index >= 15 is 0 Å². The minimum absolute atomic E-state index is 0.124. The summed E-state index contributed by atoms with van der Waals surface area (Å²) in [5.41, 5.74) is 2.06. The van der Waals surface area contributed by atoms with Crippen LogP contribution in [0.3, 0.4) is 0 Å². The lowest BCUT2D eigenvalue weighted by atomic mass is 10.1. The van der Waals surface area contributed by atoms with Crippen LogP contribution in [0.4, 0.5) is 0 Å². The Kier molecular flexibility index (Phi) is 7.21. The summed E-state index contributed by atoms with van der Waals surface area (Å²) in [5.74, 6) is 0.163. The molecule has 138 valence electrons. The van der Waals surface area contributed by atoms with Gasteiger partial charge in [-0.15, -0.1) is 0 Å². The molecule has 2 aromatic rings. The molecule has 0 aliphatic heterocycles. The molecule has 2 rings (SSSR count). The lowest BCUT2D eigenvalue weighted by Crippen LogP contribution is -2.48. The average Bonchev–Trinajstić information content (AvgIpc) is 2.65. The number of aryl methyl sites for hydroxylation is 1. The van der Waals surface area contributed by atoms with Gasteiger partial charge in [-0.05, 0) is 43.7 Å². The number of carbonyl (C=O) groups is 2. The number of nitrogens with one attached hydrogen (secondary N) is 1. The summed E-state index contributed by atoms with van der Waals surface area (Å²) >= 11 is 3.40. The highest BCUT2D eigenvalue weighted by molar-refractivity contribution is 9.10. The van der Waals surface area contributed by atoms with E-state index in [4.69, 9.17) is 4.74 Å². The Bertz CT molecular complexity index is 745. The average molecular weight is 419 g/mol. The van der Waals surface area contributed by atoms with Crippen molar-refractivity contribution < 1.29 is 14.3 Å². The molecule has 0 radical (unpaired) electrons. The SMILES string of the molecule is CNC(=O)[C@@H](C)N(Cc1ccc(Br)cc1)C(=O)COc1ccc(C)cc1. The van der Waals surface area contributed by atoms with Gasteiger partial charge in [-0.2, -0.15) is 0 Å². The minimum Gasteiger partial charge on any atom is -0.484 e. The molecule has 2 aromatic carbocycles. The second kappa shape index (κ2) is 9.38. The number of carbonyl (C=O) groups excluding carboxylic acids is 2. The van der Waals surface area contributed by atoms with E-state index in [0.717, 1.165) is 15.6 Å². The molecule has 0 heterocycles. The highest BCUT2D eigenvalue weighted by Gasteiger charge is 2.25. The van der Waals surface area contributed by atoms with Gasteiger partial charge in [0.05, 0.1) is 0 Å². The zero-order chi connectivity index (χ0) is 19.1. The zero-order valence-corrected chi connectivity index (χ0v) is 16.7. The second-order valence-electron chi connectivity index (χ2n) is 6.04. The molecule has 26 heavy (non-hydrogen) atoms. The topological polar surface area (TPSA) is 58.6 Å². The van der Waals surface area contributed by atoms with Crippen molar-refractivity contribution in [2.45, 2.75) is 26.4 Å². The smallest absolute Gasteiger partial charge is 0.261 e. The number of amides is 2. The fraction of sp³-hybridized carbons (Fsp3) is 0.300. The van der Waals surface area contributed by atoms with Crippen molar-refractivity contribution in [3.05, 3.63) is 64.1 Å². The van der Waals surface area contributed by atoms with E-state index in [9.17, 15) is 9.59 Å². The first-order chi connectivity index (χ1) is 12.4. The Morgan fingerprint density at radius 2 is 1.73 bits per heavy atom. The molecule has 0 fully saturated rings. The molecule has 1 atom stereocenters. The van der Waals surface area contributed by atoms with E-state index in [-0.39, 0.29) is 18.4 Å². The summed E-state index contributed by atoms with van der Waals surface area (Å²) in [4.78, 5) is 26.3. The van der Waals surface area contributed by atoms with Crippen molar-refractivity contribution in [2.24, 2.45) is 0 Å². The lowest BCUT2D eigenvalue weighted by molar-refractivity contribution is -0.142. The molecule has 0 bridgehead atoms. The zero-order valence-electron chi connectivity index (χ0n) is 15.2. The first-order valence-electron chi connectivity index (χ1n) is 8.35. The van der Waals surface area contributed by atoms with Crippen LogP contribution in [0.15, 0.2) is 53.0 Å². The van der Waals surface area contributed by atoms with Gasteiger partial charge in [-0.1, -0.05) is 45.8 Å². The van der Waals surface area contributed by atoms with Crippen molar-refractivity contribution in [3.8, 4) is 5.75 Å². The third-order valence-corrected chi connectivity index (χ3v) is 4.59. The van der Waals surface area contributed by atoms with Gasteiger partial charge in [0.15, 0.2) is 6.61 Å². The van der Waals surface area contributed by atoms with E-state index in [2.05, 4.69) is 21.2 Å². The monoisotopic (exact) mass is 418 g/mol. The Morgan fingerprint density at radius 1 is 1.12 bits per heavy atom. The predicted octanol–water partition coefficient (Wildman–Crippen LogP) is 3.30. The summed E-state index contributed by atoms with van der Waals surface area (Å²) in [5, 5.41) is 2.59. The fourth-order valence-electron chi connectivity index (χ4n) is 2.44. The van der Waals surface area contributed by atoms with E-state index in [1.807, 2.05) is 55.5 Å². The maximum atomic E-state index is 12.7. The summed E-state index contributed by atoms with van der Waals surface area (Å²) in [6, 6.07) is 14.5. The molecule has 0 saturated heterocycles. The van der Waals surface area contributed by atoms with Gasteiger partial charge in [0.25, 0.3) is 5.91 Å². The molecule has 0 saturated carbocycles. The van der Waals surface area contributed by atoms with Gasteiger partial charge < -0.3 is 15.0 Å². The van der Waals surface area contributed by atoms with Gasteiger partial charge in [0.1, 0.15) is 11.8 Å². The Balaban J connectivity index is 2.10. The molecule has 5 nitrogen and oxygen atoms in total. The molecule has 0 aromatic heterocycles. The second-order valence-corrected chi connectivity index (χ2v) is 6.96. The largest absolute Gasteiger partial charge is 0.484 e. The molecule has 0 aliphatic rings. The van der Waals surface area contributed by atoms with Gasteiger partial charge in [0.2, 0.25) is 5.91 Å². The standard InChI is InChI=1S/C20H23BrN2O3/c1-14-4-10-18(11-5-14)26-13-19(24)23(15(2)20(25)22-3)12-16-6-8-17(21)9-7-16/h4-11,15H,12-13H2,1-3H3,(H,22,25)/t15-/m1/s1. The minimum atomic E-state index is -0.599. The summed E-state index contributed by atoms with van der Waals surface area (Å²) in [6.07, 6.45) is 0. The van der Waals surface area contributed by atoms with Crippen molar-refractivity contribution in [1.29, 1.82) is 0 Å². The van der Waals surface area contributed by atoms with Crippen LogP contribution in [0, 0.1) is 6.92 Å². The third-order valence-electron chi connectivity index (χ3n) is 4.06. The molecular weight excluding hydrogens is 396 g/mol. The van der Waals surface area contributed by atoms with E-state index < -0.39 is 6.04 Å². The maximum Gasteiger partial charge on any atom is 0.261 e. The third kappa shape index (κ3) is 5.59. The van der Waals surface area contributed by atoms with Gasteiger partial charge in [0, 0.05) is 18.1 Å². The number of ether oxygens (including phenoxy) is 1. The molecule has 0 spiro atoms. The van der Waals surface area contributed by atoms with Gasteiger partial charge in [-0.25, -0.2) is 0 Å². The number of hydrogen-bond donors (Lipinski definition) is 1. The van der Waals surface area contributed by atoms with Crippen LogP contribution in [0.5, 0.6) is 5.75 Å². The Labute approximate surface area is 162 Å². The lowest BCUT2D eigenvalue weighted by Gasteiger charge is -2.28. The molecule has 0 unspecified atom stereocenters. The van der Waals surface area contributed by atoms with Crippen LogP contribution in [0.25, 0.3) is 0 Å². The van der Waals surface area contributed by atoms with E-state index in [1.165, 1.54) is 4.90 Å². The van der Waals surface area contributed by atoms with E-state index in [1.54, 1.807) is 14.0 Å². The predicted molar refractivity (Wildman–Crippen MR) is 105 cm³/mol. The highest BCUT2D eigenvalue weighted by atomic mass is 79.9. The van der Waals surface area contributed by atoms with Crippen molar-refractivity contribution >= 4 is 27.7 Å². The van der Waals surface area contributed by atoms with Crippen LogP contribution in [0.2, 0.25) is 0 Å². The number of rotatable bonds is 7. The molecule has 2 amide bonds. The fourth-order valence-corrected chi connectivity index (χ4v) is 2.70. The van der Waals surface area contributed by atoms with Crippen molar-refractivity contribution in [2.75, 3.05) is 13.7 Å². The number of likely N-dealkylation sites (N-methyl/N-ethyl adjacent to an activating group) is 1. The Morgan fingerprint density at radius 3 is 2.31 bits per heavy atom. The quantitative estimate of drug-likeness (QED) is 0.750. The molecule has 0 aliphatic carbocycles. The van der Waals surface area contributed by atoms with Gasteiger partial charge in [-0.3, -0.25) is 9.59 Å². The summed E-state index contributed by atoms with van der Waals surface area (Å²) in [6.45, 7) is 3.90. The number of nitrogens with zero attached hydrogens (tertiary/aromatic N) is 1. The van der Waals surface area contributed by atoms with Crippen LogP contribution in [-0.4, -0.2) is 36.4 Å². The summed E-state index contributed by atoms with van der Waals surface area (Å²) in [7, 11) is 1.56. The van der Waals surface area contributed by atoms with Crippen molar-refractivity contribution in [1.82, 2.24) is 10.2 Å².